The number of alkyl carbamates (subject to hydrolysis) is 1. The fraction of sp³-hybridized carbons (Fsp3) is 0.615. The summed E-state index contributed by atoms with van der Waals surface area (Å²) in [4.78, 5) is 41.8. The van der Waals surface area contributed by atoms with Crippen LogP contribution >= 0.6 is 23.4 Å². The lowest BCUT2D eigenvalue weighted by Crippen LogP contribution is -2.50. The van der Waals surface area contributed by atoms with Gasteiger partial charge in [0.2, 0.25) is 0 Å². The summed E-state index contributed by atoms with van der Waals surface area (Å²) < 4.78 is 20.8. The highest BCUT2D eigenvalue weighted by Gasteiger charge is 2.34. The fourth-order valence-corrected chi connectivity index (χ4v) is 7.12. The number of carbonyl (C=O) groups excluding carboxylic acids is 3. The van der Waals surface area contributed by atoms with Crippen LogP contribution in [-0.4, -0.2) is 35.2 Å². The number of rotatable bonds is 20. The monoisotopic (exact) mass is 702 g/mol. The molecule has 0 unspecified atom stereocenters. The molecule has 1 aliphatic rings. The standard InChI is InChI=1S/C39H56ClFN2O4S/c1-5-6-7-8-9-10-11-12-13-14-15-16-17-18-19-20-35(44)31-25-34-36(26-32(31)41)48-28-33(42-38(46)47-39(2,3)4)37(45)43(34)27-29-21-23-30(40)24-22-29/h21-26,33H,5-20,27-28H2,1-4H3,(H,42,46)/t33-/m0/s1. The van der Waals surface area contributed by atoms with E-state index in [9.17, 15) is 14.4 Å². The average Bonchev–Trinajstić information content (AvgIpc) is 3.14. The van der Waals surface area contributed by atoms with Crippen molar-refractivity contribution in [1.82, 2.24) is 5.32 Å². The lowest BCUT2D eigenvalue weighted by molar-refractivity contribution is -0.120. The van der Waals surface area contributed by atoms with Crippen LogP contribution in [0.3, 0.4) is 0 Å². The van der Waals surface area contributed by atoms with Gasteiger partial charge in [0.1, 0.15) is 17.5 Å². The average molecular weight is 703 g/mol. The summed E-state index contributed by atoms with van der Waals surface area (Å²) in [6.07, 6.45) is 18.1. The highest BCUT2D eigenvalue weighted by Crippen LogP contribution is 2.38. The van der Waals surface area contributed by atoms with Crippen LogP contribution in [0.5, 0.6) is 0 Å². The van der Waals surface area contributed by atoms with Gasteiger partial charge in [0.25, 0.3) is 5.91 Å². The van der Waals surface area contributed by atoms with Gasteiger partial charge in [-0.3, -0.25) is 9.59 Å². The lowest BCUT2D eigenvalue weighted by Gasteiger charge is -2.27. The number of fused-ring (bicyclic) bond motifs is 1. The van der Waals surface area contributed by atoms with Crippen molar-refractivity contribution < 1.29 is 23.5 Å². The van der Waals surface area contributed by atoms with E-state index in [1.54, 1.807) is 32.9 Å². The predicted octanol–water partition coefficient (Wildman–Crippen LogP) is 11.5. The molecular formula is C39H56ClFN2O4S. The number of unbranched alkanes of at least 4 members (excludes halogenated alkanes) is 14. The maximum absolute atomic E-state index is 15.4. The maximum Gasteiger partial charge on any atom is 0.408 e. The van der Waals surface area contributed by atoms with Gasteiger partial charge < -0.3 is 15.0 Å². The number of thioether (sulfide) groups is 1. The lowest BCUT2D eigenvalue weighted by atomic mass is 10.0. The van der Waals surface area contributed by atoms with Crippen molar-refractivity contribution in [3.63, 3.8) is 0 Å². The fourth-order valence-electron chi connectivity index (χ4n) is 5.92. The summed E-state index contributed by atoms with van der Waals surface area (Å²) in [6, 6.07) is 9.05. The number of anilines is 1. The number of amides is 2. The molecule has 2 aromatic rings. The normalized spacial score (nSPS) is 14.8. The Morgan fingerprint density at radius 1 is 0.896 bits per heavy atom. The van der Waals surface area contributed by atoms with Crippen LogP contribution in [0.1, 0.15) is 146 Å². The minimum Gasteiger partial charge on any atom is -0.444 e. The minimum atomic E-state index is -0.910. The number of carbonyl (C=O) groups is 3. The molecule has 0 spiro atoms. The van der Waals surface area contributed by atoms with Crippen molar-refractivity contribution in [2.45, 2.75) is 154 Å². The first-order valence-electron chi connectivity index (χ1n) is 18.0. The van der Waals surface area contributed by atoms with E-state index >= 15 is 4.39 Å². The van der Waals surface area contributed by atoms with Crippen LogP contribution in [0.2, 0.25) is 5.02 Å². The van der Waals surface area contributed by atoms with Crippen molar-refractivity contribution in [3.05, 3.63) is 58.4 Å². The Labute approximate surface area is 297 Å². The van der Waals surface area contributed by atoms with Crippen molar-refractivity contribution in [2.24, 2.45) is 0 Å². The van der Waals surface area contributed by atoms with Gasteiger partial charge in [0.05, 0.1) is 17.8 Å². The second kappa shape index (κ2) is 20.8. The van der Waals surface area contributed by atoms with Gasteiger partial charge in [0, 0.05) is 22.1 Å². The second-order valence-electron chi connectivity index (χ2n) is 14.0. The molecule has 9 heteroatoms. The molecule has 0 saturated heterocycles. The van der Waals surface area contributed by atoms with E-state index in [1.165, 1.54) is 99.4 Å². The number of Topliss-reactive ketones (excluding diaryl/α,β-unsaturated/α-hetero) is 1. The molecule has 0 radical (unpaired) electrons. The molecule has 0 aromatic heterocycles. The Balaban J connectivity index is 1.55. The summed E-state index contributed by atoms with van der Waals surface area (Å²) in [7, 11) is 0. The highest BCUT2D eigenvalue weighted by molar-refractivity contribution is 7.99. The van der Waals surface area contributed by atoms with Crippen LogP contribution < -0.4 is 10.2 Å². The second-order valence-corrected chi connectivity index (χ2v) is 15.5. The van der Waals surface area contributed by atoms with Crippen molar-refractivity contribution in [1.29, 1.82) is 0 Å². The first kappa shape index (κ1) is 39.9. The molecule has 2 amide bonds. The van der Waals surface area contributed by atoms with E-state index < -0.39 is 23.6 Å². The van der Waals surface area contributed by atoms with Crippen LogP contribution in [0.15, 0.2) is 41.3 Å². The van der Waals surface area contributed by atoms with Gasteiger partial charge in [-0.25, -0.2) is 9.18 Å². The summed E-state index contributed by atoms with van der Waals surface area (Å²) in [5.74, 6) is -1.03. The largest absolute Gasteiger partial charge is 0.444 e. The Bertz CT molecular complexity index is 1310. The van der Waals surface area contributed by atoms with Gasteiger partial charge >= 0.3 is 6.09 Å². The number of nitrogens with zero attached hydrogens (tertiary/aromatic N) is 1. The predicted molar refractivity (Wildman–Crippen MR) is 197 cm³/mol. The first-order valence-corrected chi connectivity index (χ1v) is 19.4. The molecule has 0 aliphatic carbocycles. The third-order valence-electron chi connectivity index (χ3n) is 8.56. The van der Waals surface area contributed by atoms with E-state index in [1.807, 2.05) is 12.1 Å². The molecule has 0 bridgehead atoms. The highest BCUT2D eigenvalue weighted by atomic mass is 35.5. The van der Waals surface area contributed by atoms with Crippen molar-refractivity contribution in [2.75, 3.05) is 10.7 Å². The van der Waals surface area contributed by atoms with Crippen LogP contribution in [0, 0.1) is 5.82 Å². The number of ether oxygens (including phenoxy) is 1. The molecular weight excluding hydrogens is 647 g/mol. The number of hydrogen-bond acceptors (Lipinski definition) is 5. The Morgan fingerprint density at radius 3 is 1.98 bits per heavy atom. The molecule has 0 saturated carbocycles. The van der Waals surface area contributed by atoms with Crippen molar-refractivity contribution in [3.8, 4) is 0 Å². The molecule has 266 valence electrons. The summed E-state index contributed by atoms with van der Waals surface area (Å²) in [5, 5.41) is 3.26. The summed E-state index contributed by atoms with van der Waals surface area (Å²) in [6.45, 7) is 7.67. The van der Waals surface area contributed by atoms with Gasteiger partial charge in [0.15, 0.2) is 5.78 Å². The van der Waals surface area contributed by atoms with E-state index in [2.05, 4.69) is 12.2 Å². The molecule has 48 heavy (non-hydrogen) atoms. The van der Waals surface area contributed by atoms with Crippen LogP contribution in [-0.2, 0) is 16.1 Å². The molecule has 3 rings (SSSR count). The van der Waals surface area contributed by atoms with E-state index in [-0.39, 0.29) is 36.0 Å². The summed E-state index contributed by atoms with van der Waals surface area (Å²) >= 11 is 7.36. The third kappa shape index (κ3) is 14.1. The maximum atomic E-state index is 15.4. The Kier molecular flexibility index (Phi) is 17.3. The van der Waals surface area contributed by atoms with E-state index in [0.717, 1.165) is 24.8 Å². The molecule has 0 fully saturated rings. The molecule has 1 atom stereocenters. The van der Waals surface area contributed by atoms with E-state index in [0.29, 0.717) is 22.0 Å². The molecule has 1 heterocycles. The van der Waals surface area contributed by atoms with E-state index in [4.69, 9.17) is 16.3 Å². The van der Waals surface area contributed by atoms with Gasteiger partial charge in [-0.05, 0) is 57.0 Å². The number of hydrogen-bond donors (Lipinski definition) is 1. The van der Waals surface area contributed by atoms with Crippen LogP contribution in [0.25, 0.3) is 0 Å². The van der Waals surface area contributed by atoms with Gasteiger partial charge in [-0.2, -0.15) is 0 Å². The van der Waals surface area contributed by atoms with Crippen molar-refractivity contribution >= 4 is 46.8 Å². The van der Waals surface area contributed by atoms with Gasteiger partial charge in [-0.15, -0.1) is 11.8 Å². The smallest absolute Gasteiger partial charge is 0.408 e. The zero-order chi connectivity index (χ0) is 34.9. The quantitative estimate of drug-likeness (QED) is 0.110. The number of benzene rings is 2. The van der Waals surface area contributed by atoms with Gasteiger partial charge in [-0.1, -0.05) is 121 Å². The number of ketones is 1. The molecule has 2 aromatic carbocycles. The zero-order valence-corrected chi connectivity index (χ0v) is 31.1. The number of halogens is 2. The third-order valence-corrected chi connectivity index (χ3v) is 9.95. The first-order chi connectivity index (χ1) is 23.0. The minimum absolute atomic E-state index is 0.00725. The molecule has 1 N–H and O–H groups in total. The molecule has 6 nitrogen and oxygen atoms in total. The topological polar surface area (TPSA) is 75.7 Å². The van der Waals surface area contributed by atoms with Crippen LogP contribution in [0.4, 0.5) is 14.9 Å². The Hall–Kier alpha value is -2.58. The Morgan fingerprint density at radius 2 is 1.44 bits per heavy atom. The molecule has 1 aliphatic heterocycles. The summed E-state index contributed by atoms with van der Waals surface area (Å²) in [5.41, 5.74) is 0.514. The SMILES string of the molecule is CCCCCCCCCCCCCCCCCC(=O)c1cc2c(cc1F)SC[C@H](NC(=O)OC(C)(C)C)C(=O)N2Cc1ccc(Cl)cc1. The number of nitrogens with one attached hydrogen (secondary N) is 1. The zero-order valence-electron chi connectivity index (χ0n) is 29.5.